The molecule has 0 radical (unpaired) electrons. The summed E-state index contributed by atoms with van der Waals surface area (Å²) in [5.74, 6) is 0.710. The molecule has 118 valence electrons. The summed E-state index contributed by atoms with van der Waals surface area (Å²) in [4.78, 5) is 15.1. The van der Waals surface area contributed by atoms with E-state index in [1.165, 1.54) is 10.9 Å². The standard InChI is InChI=1S/C18H19N3O2/c1-23-16-4-2-3-15(12-16)21-18(22)20-9-7-13-5-6-14-8-10-19-17(14)11-13/h2-6,8,10-12,19H,7,9H2,1H3,(H2,20,21,22). The van der Waals surface area contributed by atoms with Crippen LogP contribution in [-0.4, -0.2) is 24.7 Å². The first-order valence-electron chi connectivity index (χ1n) is 7.49. The van der Waals surface area contributed by atoms with Crippen LogP contribution in [0.5, 0.6) is 5.75 Å². The molecule has 2 aromatic carbocycles. The molecule has 2 amide bonds. The molecule has 5 heteroatoms. The van der Waals surface area contributed by atoms with E-state index in [-0.39, 0.29) is 6.03 Å². The quantitative estimate of drug-likeness (QED) is 0.675. The zero-order valence-electron chi connectivity index (χ0n) is 12.9. The lowest BCUT2D eigenvalue weighted by molar-refractivity contribution is 0.252. The molecule has 0 saturated carbocycles. The monoisotopic (exact) mass is 309 g/mol. The van der Waals surface area contributed by atoms with E-state index in [0.29, 0.717) is 18.0 Å². The molecule has 3 aromatic rings. The number of hydrogen-bond acceptors (Lipinski definition) is 2. The molecule has 3 rings (SSSR count). The Balaban J connectivity index is 1.50. The highest BCUT2D eigenvalue weighted by molar-refractivity contribution is 5.89. The van der Waals surface area contributed by atoms with Crippen LogP contribution >= 0.6 is 0 Å². The molecule has 0 unspecified atom stereocenters. The third-order valence-electron chi connectivity index (χ3n) is 3.65. The van der Waals surface area contributed by atoms with Gasteiger partial charge in [-0.2, -0.15) is 0 Å². The number of carbonyl (C=O) groups excluding carboxylic acids is 1. The Hall–Kier alpha value is -2.95. The van der Waals surface area contributed by atoms with E-state index in [1.807, 2.05) is 30.5 Å². The molecular weight excluding hydrogens is 290 g/mol. The molecule has 0 aliphatic carbocycles. The van der Waals surface area contributed by atoms with E-state index >= 15 is 0 Å². The molecule has 5 nitrogen and oxygen atoms in total. The Labute approximate surface area is 134 Å². The number of rotatable bonds is 5. The van der Waals surface area contributed by atoms with E-state index in [0.717, 1.165) is 11.9 Å². The van der Waals surface area contributed by atoms with Crippen LogP contribution in [0.25, 0.3) is 10.9 Å². The fraction of sp³-hybridized carbons (Fsp3) is 0.167. The van der Waals surface area contributed by atoms with Crippen molar-refractivity contribution in [3.8, 4) is 5.75 Å². The lowest BCUT2D eigenvalue weighted by Gasteiger charge is -2.09. The summed E-state index contributed by atoms with van der Waals surface area (Å²) in [7, 11) is 1.60. The minimum absolute atomic E-state index is 0.223. The summed E-state index contributed by atoms with van der Waals surface area (Å²) in [6.45, 7) is 0.571. The van der Waals surface area contributed by atoms with Crippen molar-refractivity contribution in [2.75, 3.05) is 19.0 Å². The predicted octanol–water partition coefficient (Wildman–Crippen LogP) is 3.54. The van der Waals surface area contributed by atoms with Gasteiger partial charge in [0.15, 0.2) is 0 Å². The van der Waals surface area contributed by atoms with Gasteiger partial charge in [-0.05, 0) is 41.6 Å². The van der Waals surface area contributed by atoms with Gasteiger partial charge >= 0.3 is 6.03 Å². The second kappa shape index (κ2) is 6.87. The smallest absolute Gasteiger partial charge is 0.319 e. The third-order valence-corrected chi connectivity index (χ3v) is 3.65. The molecule has 0 aliphatic heterocycles. The summed E-state index contributed by atoms with van der Waals surface area (Å²) >= 11 is 0. The number of carbonyl (C=O) groups is 1. The summed E-state index contributed by atoms with van der Waals surface area (Å²) in [5, 5.41) is 6.84. The van der Waals surface area contributed by atoms with E-state index < -0.39 is 0 Å². The van der Waals surface area contributed by atoms with Crippen molar-refractivity contribution in [3.05, 3.63) is 60.3 Å². The van der Waals surface area contributed by atoms with Crippen LogP contribution in [0.4, 0.5) is 10.5 Å². The zero-order chi connectivity index (χ0) is 16.1. The molecule has 0 spiro atoms. The molecule has 0 bridgehead atoms. The van der Waals surface area contributed by atoms with Crippen molar-refractivity contribution in [2.24, 2.45) is 0 Å². The van der Waals surface area contributed by atoms with Crippen LogP contribution in [0.1, 0.15) is 5.56 Å². The van der Waals surface area contributed by atoms with Crippen LogP contribution in [0.15, 0.2) is 54.7 Å². The lowest BCUT2D eigenvalue weighted by atomic mass is 10.1. The molecule has 0 saturated heterocycles. The number of aromatic nitrogens is 1. The number of anilines is 1. The van der Waals surface area contributed by atoms with Crippen molar-refractivity contribution >= 4 is 22.6 Å². The first kappa shape index (κ1) is 15.0. The fourth-order valence-electron chi connectivity index (χ4n) is 2.45. The number of nitrogens with one attached hydrogen (secondary N) is 3. The lowest BCUT2D eigenvalue weighted by Crippen LogP contribution is -2.30. The maximum atomic E-state index is 11.9. The van der Waals surface area contributed by atoms with Gasteiger partial charge in [0.05, 0.1) is 7.11 Å². The molecule has 1 aromatic heterocycles. The van der Waals surface area contributed by atoms with Gasteiger partial charge in [0, 0.05) is 30.0 Å². The molecule has 1 heterocycles. The number of amides is 2. The Morgan fingerprint density at radius 2 is 2.09 bits per heavy atom. The van der Waals surface area contributed by atoms with Gasteiger partial charge in [-0.25, -0.2) is 4.79 Å². The Bertz CT molecular complexity index is 811. The molecule has 0 fully saturated rings. The van der Waals surface area contributed by atoms with E-state index in [1.54, 1.807) is 13.2 Å². The maximum Gasteiger partial charge on any atom is 0.319 e. The third kappa shape index (κ3) is 3.83. The number of H-pyrrole nitrogens is 1. The first-order chi connectivity index (χ1) is 11.2. The minimum atomic E-state index is -0.223. The number of aromatic amines is 1. The molecule has 3 N–H and O–H groups in total. The van der Waals surface area contributed by atoms with Crippen LogP contribution in [-0.2, 0) is 6.42 Å². The van der Waals surface area contributed by atoms with E-state index in [9.17, 15) is 4.79 Å². The number of ether oxygens (including phenoxy) is 1. The van der Waals surface area contributed by atoms with Crippen molar-refractivity contribution in [2.45, 2.75) is 6.42 Å². The number of fused-ring (bicyclic) bond motifs is 1. The number of benzene rings is 2. The van der Waals surface area contributed by atoms with Crippen LogP contribution < -0.4 is 15.4 Å². The Morgan fingerprint density at radius 3 is 2.96 bits per heavy atom. The summed E-state index contributed by atoms with van der Waals surface area (Å²) < 4.78 is 5.13. The normalized spacial score (nSPS) is 10.5. The summed E-state index contributed by atoms with van der Waals surface area (Å²) in [6.07, 6.45) is 2.70. The predicted molar refractivity (Wildman–Crippen MR) is 92.0 cm³/mol. The van der Waals surface area contributed by atoms with E-state index in [2.05, 4.69) is 33.8 Å². The Morgan fingerprint density at radius 1 is 1.17 bits per heavy atom. The van der Waals surface area contributed by atoms with Gasteiger partial charge in [0.2, 0.25) is 0 Å². The van der Waals surface area contributed by atoms with Crippen molar-refractivity contribution < 1.29 is 9.53 Å². The molecule has 23 heavy (non-hydrogen) atoms. The number of hydrogen-bond donors (Lipinski definition) is 3. The molecule has 0 atom stereocenters. The van der Waals surface area contributed by atoms with Gasteiger partial charge < -0.3 is 20.4 Å². The van der Waals surface area contributed by atoms with Gasteiger partial charge in [0.1, 0.15) is 5.75 Å². The zero-order valence-corrected chi connectivity index (χ0v) is 12.9. The second-order valence-electron chi connectivity index (χ2n) is 5.26. The van der Waals surface area contributed by atoms with Crippen molar-refractivity contribution in [1.29, 1.82) is 0 Å². The van der Waals surface area contributed by atoms with Crippen molar-refractivity contribution in [1.82, 2.24) is 10.3 Å². The maximum absolute atomic E-state index is 11.9. The summed E-state index contributed by atoms with van der Waals surface area (Å²) in [6, 6.07) is 15.4. The van der Waals surface area contributed by atoms with Crippen LogP contribution in [0.3, 0.4) is 0 Å². The Kier molecular flexibility index (Phi) is 4.47. The van der Waals surface area contributed by atoms with Crippen molar-refractivity contribution in [3.63, 3.8) is 0 Å². The molecule has 0 aliphatic rings. The second-order valence-corrected chi connectivity index (χ2v) is 5.26. The van der Waals surface area contributed by atoms with Gasteiger partial charge in [0.25, 0.3) is 0 Å². The summed E-state index contributed by atoms with van der Waals surface area (Å²) in [5.41, 5.74) is 3.00. The SMILES string of the molecule is COc1cccc(NC(=O)NCCc2ccc3cc[nH]c3c2)c1. The molecular formula is C18H19N3O2. The highest BCUT2D eigenvalue weighted by Crippen LogP contribution is 2.16. The van der Waals surface area contributed by atoms with Gasteiger partial charge in [-0.3, -0.25) is 0 Å². The average molecular weight is 309 g/mol. The fourth-order valence-corrected chi connectivity index (χ4v) is 2.45. The largest absolute Gasteiger partial charge is 0.497 e. The first-order valence-corrected chi connectivity index (χ1v) is 7.49. The van der Waals surface area contributed by atoms with Gasteiger partial charge in [-0.15, -0.1) is 0 Å². The topological polar surface area (TPSA) is 66.2 Å². The number of urea groups is 1. The van der Waals surface area contributed by atoms with E-state index in [4.69, 9.17) is 4.74 Å². The van der Waals surface area contributed by atoms with Crippen LogP contribution in [0, 0.1) is 0 Å². The average Bonchev–Trinajstić information content (AvgIpc) is 3.02. The van der Waals surface area contributed by atoms with Gasteiger partial charge in [-0.1, -0.05) is 18.2 Å². The highest BCUT2D eigenvalue weighted by atomic mass is 16.5. The van der Waals surface area contributed by atoms with Crippen LogP contribution in [0.2, 0.25) is 0 Å². The minimum Gasteiger partial charge on any atom is -0.497 e. The highest BCUT2D eigenvalue weighted by Gasteiger charge is 2.03. The number of methoxy groups -OCH3 is 1.